The van der Waals surface area contributed by atoms with Gasteiger partial charge >= 0.3 is 5.69 Å². The SMILES string of the molecule is CC1(C)C2=CCCCC2CC/C1=N\Nc1ccc([N+](=O)[O-])cc1[N+](=O)[O-]. The molecule has 1 aromatic carbocycles. The molecule has 0 radical (unpaired) electrons. The number of hydrazone groups is 1. The smallest absolute Gasteiger partial charge is 0.272 e. The number of non-ortho nitro benzene ring substituents is 1. The van der Waals surface area contributed by atoms with Gasteiger partial charge in [0, 0.05) is 17.2 Å². The quantitative estimate of drug-likeness (QED) is 0.471. The number of nitro groups is 2. The van der Waals surface area contributed by atoms with Crippen LogP contribution in [0.25, 0.3) is 0 Å². The van der Waals surface area contributed by atoms with Crippen LogP contribution in [0.2, 0.25) is 0 Å². The highest BCUT2D eigenvalue weighted by molar-refractivity contribution is 5.94. The summed E-state index contributed by atoms with van der Waals surface area (Å²) in [7, 11) is 0. The zero-order valence-corrected chi connectivity index (χ0v) is 14.9. The van der Waals surface area contributed by atoms with E-state index >= 15 is 0 Å². The minimum absolute atomic E-state index is 0.156. The summed E-state index contributed by atoms with van der Waals surface area (Å²) in [6.07, 6.45) is 7.72. The Hall–Kier alpha value is -2.77. The molecule has 2 aliphatic carbocycles. The molecule has 26 heavy (non-hydrogen) atoms. The number of hydrogen-bond donors (Lipinski definition) is 1. The Morgan fingerprint density at radius 2 is 1.96 bits per heavy atom. The van der Waals surface area contributed by atoms with Gasteiger partial charge in [-0.25, -0.2) is 0 Å². The maximum Gasteiger partial charge on any atom is 0.301 e. The average Bonchev–Trinajstić information content (AvgIpc) is 2.61. The Morgan fingerprint density at radius 3 is 2.65 bits per heavy atom. The Morgan fingerprint density at radius 1 is 1.19 bits per heavy atom. The molecule has 0 aromatic heterocycles. The number of allylic oxidation sites excluding steroid dienone is 2. The van der Waals surface area contributed by atoms with Crippen molar-refractivity contribution in [3.05, 3.63) is 50.1 Å². The van der Waals surface area contributed by atoms with Crippen molar-refractivity contribution in [2.24, 2.45) is 16.4 Å². The minimum Gasteiger partial charge on any atom is -0.272 e. The first-order valence-electron chi connectivity index (χ1n) is 8.77. The lowest BCUT2D eigenvalue weighted by atomic mass is 9.63. The molecule has 0 spiro atoms. The number of benzene rings is 1. The van der Waals surface area contributed by atoms with Gasteiger partial charge in [0.2, 0.25) is 0 Å². The molecule has 0 bridgehead atoms. The molecule has 1 saturated carbocycles. The topological polar surface area (TPSA) is 111 Å². The van der Waals surface area contributed by atoms with Gasteiger partial charge < -0.3 is 0 Å². The summed E-state index contributed by atoms with van der Waals surface area (Å²) in [4.78, 5) is 20.8. The number of hydrogen-bond acceptors (Lipinski definition) is 6. The normalized spacial score (nSPS) is 23.1. The maximum absolute atomic E-state index is 11.2. The summed E-state index contributed by atoms with van der Waals surface area (Å²) < 4.78 is 0. The molecule has 138 valence electrons. The van der Waals surface area contributed by atoms with Gasteiger partial charge in [0.25, 0.3) is 5.69 Å². The van der Waals surface area contributed by atoms with Crippen molar-refractivity contribution in [2.75, 3.05) is 5.43 Å². The van der Waals surface area contributed by atoms with Crippen LogP contribution >= 0.6 is 0 Å². The first-order valence-corrected chi connectivity index (χ1v) is 8.77. The zero-order chi connectivity index (χ0) is 18.9. The van der Waals surface area contributed by atoms with E-state index in [1.165, 1.54) is 30.5 Å². The first-order chi connectivity index (χ1) is 12.3. The van der Waals surface area contributed by atoms with Crippen molar-refractivity contribution >= 4 is 22.8 Å². The van der Waals surface area contributed by atoms with Crippen molar-refractivity contribution in [3.8, 4) is 0 Å². The van der Waals surface area contributed by atoms with E-state index in [1.54, 1.807) is 0 Å². The monoisotopic (exact) mass is 358 g/mol. The highest BCUT2D eigenvalue weighted by atomic mass is 16.6. The zero-order valence-electron chi connectivity index (χ0n) is 14.9. The third kappa shape index (κ3) is 3.31. The molecule has 2 aliphatic rings. The summed E-state index contributed by atoms with van der Waals surface area (Å²) in [5.74, 6) is 0.603. The largest absolute Gasteiger partial charge is 0.301 e. The van der Waals surface area contributed by atoms with E-state index < -0.39 is 9.85 Å². The van der Waals surface area contributed by atoms with Gasteiger partial charge in [-0.1, -0.05) is 25.5 Å². The molecule has 1 aromatic rings. The number of nitro benzene ring substituents is 2. The van der Waals surface area contributed by atoms with Crippen molar-refractivity contribution < 1.29 is 9.85 Å². The molecule has 8 nitrogen and oxygen atoms in total. The highest BCUT2D eigenvalue weighted by Crippen LogP contribution is 2.46. The Labute approximate surface area is 151 Å². The highest BCUT2D eigenvalue weighted by Gasteiger charge is 2.39. The third-order valence-corrected chi connectivity index (χ3v) is 5.43. The van der Waals surface area contributed by atoms with Gasteiger partial charge in [-0.3, -0.25) is 25.7 Å². The third-order valence-electron chi connectivity index (χ3n) is 5.43. The van der Waals surface area contributed by atoms with E-state index in [4.69, 9.17) is 0 Å². The van der Waals surface area contributed by atoms with Gasteiger partial charge in [0.05, 0.1) is 15.9 Å². The fourth-order valence-corrected chi connectivity index (χ4v) is 4.00. The van der Waals surface area contributed by atoms with E-state index in [9.17, 15) is 20.2 Å². The van der Waals surface area contributed by atoms with Crippen LogP contribution in [-0.2, 0) is 0 Å². The summed E-state index contributed by atoms with van der Waals surface area (Å²) >= 11 is 0. The van der Waals surface area contributed by atoms with Gasteiger partial charge in [-0.15, -0.1) is 0 Å². The predicted molar refractivity (Wildman–Crippen MR) is 99.2 cm³/mol. The molecule has 3 rings (SSSR count). The summed E-state index contributed by atoms with van der Waals surface area (Å²) in [5, 5.41) is 26.6. The van der Waals surface area contributed by atoms with Crippen LogP contribution in [0.3, 0.4) is 0 Å². The molecule has 1 N–H and O–H groups in total. The van der Waals surface area contributed by atoms with Gasteiger partial charge in [0.1, 0.15) is 5.69 Å². The van der Waals surface area contributed by atoms with E-state index in [0.29, 0.717) is 5.92 Å². The van der Waals surface area contributed by atoms with E-state index in [0.717, 1.165) is 31.0 Å². The number of anilines is 1. The van der Waals surface area contributed by atoms with Crippen LogP contribution in [0.1, 0.15) is 46.0 Å². The van der Waals surface area contributed by atoms with Gasteiger partial charge in [0.15, 0.2) is 0 Å². The Bertz CT molecular complexity index is 813. The van der Waals surface area contributed by atoms with Crippen molar-refractivity contribution in [2.45, 2.75) is 46.0 Å². The van der Waals surface area contributed by atoms with Crippen LogP contribution in [0.4, 0.5) is 17.1 Å². The Balaban J connectivity index is 1.89. The molecule has 0 heterocycles. The van der Waals surface area contributed by atoms with Crippen molar-refractivity contribution in [1.82, 2.24) is 0 Å². The molecule has 1 atom stereocenters. The summed E-state index contributed by atoms with van der Waals surface area (Å²) in [6.45, 7) is 4.28. The second-order valence-electron chi connectivity index (χ2n) is 7.34. The molecule has 8 heteroatoms. The number of nitrogens with zero attached hydrogens (tertiary/aromatic N) is 3. The molecule has 0 amide bonds. The summed E-state index contributed by atoms with van der Waals surface area (Å²) in [6, 6.07) is 3.52. The first kappa shape index (κ1) is 18.0. The molecule has 1 unspecified atom stereocenters. The maximum atomic E-state index is 11.2. The van der Waals surface area contributed by atoms with Crippen LogP contribution in [0.5, 0.6) is 0 Å². The standard InChI is InChI=1S/C18H22N4O4/c1-18(2)14-6-4-3-5-12(14)7-10-17(18)20-19-15-9-8-13(21(23)24)11-16(15)22(25)26/h6,8-9,11-12,19H,3-5,7,10H2,1-2H3/b20-17+. The van der Waals surface area contributed by atoms with Gasteiger partial charge in [-0.05, 0) is 44.1 Å². The van der Waals surface area contributed by atoms with Gasteiger partial charge in [-0.2, -0.15) is 5.10 Å². The summed E-state index contributed by atoms with van der Waals surface area (Å²) in [5.41, 5.74) is 4.44. The molecular formula is C18H22N4O4. The van der Waals surface area contributed by atoms with Crippen LogP contribution in [0, 0.1) is 31.6 Å². The minimum atomic E-state index is -0.650. The fraction of sp³-hybridized carbons (Fsp3) is 0.500. The number of rotatable bonds is 4. The van der Waals surface area contributed by atoms with Crippen LogP contribution in [-0.4, -0.2) is 15.6 Å². The second kappa shape index (κ2) is 6.86. The number of nitrogens with one attached hydrogen (secondary N) is 1. The molecule has 0 saturated heterocycles. The van der Waals surface area contributed by atoms with E-state index in [2.05, 4.69) is 30.5 Å². The average molecular weight is 358 g/mol. The lowest BCUT2D eigenvalue weighted by molar-refractivity contribution is -0.393. The Kier molecular flexibility index (Phi) is 4.76. The molecular weight excluding hydrogens is 336 g/mol. The molecule has 1 fully saturated rings. The fourth-order valence-electron chi connectivity index (χ4n) is 4.00. The van der Waals surface area contributed by atoms with E-state index in [1.807, 2.05) is 0 Å². The van der Waals surface area contributed by atoms with Crippen LogP contribution in [0.15, 0.2) is 34.9 Å². The van der Waals surface area contributed by atoms with Crippen molar-refractivity contribution in [1.29, 1.82) is 0 Å². The van der Waals surface area contributed by atoms with E-state index in [-0.39, 0.29) is 22.5 Å². The second-order valence-corrected chi connectivity index (χ2v) is 7.34. The lowest BCUT2D eigenvalue weighted by Crippen LogP contribution is -2.37. The molecule has 0 aliphatic heterocycles. The predicted octanol–water partition coefficient (Wildman–Crippen LogP) is 4.82. The number of fused-ring (bicyclic) bond motifs is 1. The van der Waals surface area contributed by atoms with Crippen molar-refractivity contribution in [3.63, 3.8) is 0 Å². The lowest BCUT2D eigenvalue weighted by Gasteiger charge is -2.41. The van der Waals surface area contributed by atoms with Crippen LogP contribution < -0.4 is 5.43 Å².